The lowest BCUT2D eigenvalue weighted by molar-refractivity contribution is 0.850. The van der Waals surface area contributed by atoms with Gasteiger partial charge < -0.3 is 0 Å². The first-order valence-electron chi connectivity index (χ1n) is 7.50. The first-order valence-corrected chi connectivity index (χ1v) is 9.26. The molecule has 0 fully saturated rings. The third-order valence-corrected chi connectivity index (χ3v) is 5.38. The van der Waals surface area contributed by atoms with Crippen molar-refractivity contribution in [3.05, 3.63) is 63.1 Å². The van der Waals surface area contributed by atoms with E-state index in [1.54, 1.807) is 29.7 Å². The summed E-state index contributed by atoms with van der Waals surface area (Å²) >= 11 is 3.32. The molecule has 0 bridgehead atoms. The van der Waals surface area contributed by atoms with Gasteiger partial charge in [-0.1, -0.05) is 44.2 Å². The largest absolute Gasteiger partial charge is 0.261 e. The maximum Gasteiger partial charge on any atom is 0.205 e. The summed E-state index contributed by atoms with van der Waals surface area (Å²) in [5, 5.41) is 8.84. The molecule has 0 atom stereocenters. The van der Waals surface area contributed by atoms with Gasteiger partial charge in [0.1, 0.15) is 0 Å². The van der Waals surface area contributed by atoms with Crippen molar-refractivity contribution in [3.63, 3.8) is 0 Å². The van der Waals surface area contributed by atoms with E-state index in [1.165, 1.54) is 10.4 Å². The monoisotopic (exact) mass is 341 g/mol. The zero-order valence-corrected chi connectivity index (χ0v) is 15.1. The summed E-state index contributed by atoms with van der Waals surface area (Å²) in [6.07, 6.45) is 1.89. The van der Waals surface area contributed by atoms with E-state index >= 15 is 0 Å². The summed E-state index contributed by atoms with van der Waals surface area (Å²) in [5.74, 6) is 0.545. The number of thiazole rings is 1. The Hall–Kier alpha value is -1.98. The maximum atomic E-state index is 4.65. The molecule has 0 N–H and O–H groups in total. The molecule has 0 radical (unpaired) electrons. The summed E-state index contributed by atoms with van der Waals surface area (Å²) in [6, 6.07) is 12.7. The van der Waals surface area contributed by atoms with Gasteiger partial charge in [0.05, 0.1) is 16.8 Å². The van der Waals surface area contributed by atoms with Crippen molar-refractivity contribution >= 4 is 28.9 Å². The predicted octanol–water partition coefficient (Wildman–Crippen LogP) is 4.81. The molecule has 0 spiro atoms. The molecule has 0 aliphatic heterocycles. The van der Waals surface area contributed by atoms with E-state index < -0.39 is 0 Å². The highest BCUT2D eigenvalue weighted by Gasteiger charge is 2.07. The van der Waals surface area contributed by atoms with Gasteiger partial charge in [-0.2, -0.15) is 5.10 Å². The van der Waals surface area contributed by atoms with Crippen molar-refractivity contribution in [2.24, 2.45) is 10.1 Å². The van der Waals surface area contributed by atoms with Gasteiger partial charge in [-0.15, -0.1) is 22.7 Å². The van der Waals surface area contributed by atoms with Gasteiger partial charge in [0.2, 0.25) is 4.80 Å². The number of benzene rings is 1. The first kappa shape index (κ1) is 15.9. The molecule has 23 heavy (non-hydrogen) atoms. The molecule has 0 aliphatic rings. The van der Waals surface area contributed by atoms with Crippen LogP contribution in [0.5, 0.6) is 0 Å². The molecule has 118 valence electrons. The van der Waals surface area contributed by atoms with E-state index in [0.29, 0.717) is 5.92 Å². The van der Waals surface area contributed by atoms with Crippen LogP contribution in [0.2, 0.25) is 0 Å². The lowest BCUT2D eigenvalue weighted by atomic mass is 10.0. The van der Waals surface area contributed by atoms with Crippen LogP contribution < -0.4 is 4.80 Å². The molecule has 0 aliphatic carbocycles. The Labute approximate surface area is 144 Å². The quantitative estimate of drug-likeness (QED) is 0.609. The van der Waals surface area contributed by atoms with Gasteiger partial charge >= 0.3 is 0 Å². The van der Waals surface area contributed by atoms with Crippen LogP contribution >= 0.6 is 22.7 Å². The first-order chi connectivity index (χ1) is 11.2. The van der Waals surface area contributed by atoms with Crippen LogP contribution in [0, 0.1) is 0 Å². The molecule has 0 saturated heterocycles. The van der Waals surface area contributed by atoms with Crippen LogP contribution in [0.4, 0.5) is 0 Å². The van der Waals surface area contributed by atoms with Crippen molar-refractivity contribution < 1.29 is 0 Å². The fourth-order valence-corrected chi connectivity index (χ4v) is 3.84. The van der Waals surface area contributed by atoms with Crippen LogP contribution in [0.15, 0.2) is 57.3 Å². The second kappa shape index (κ2) is 7.06. The van der Waals surface area contributed by atoms with Gasteiger partial charge in [-0.05, 0) is 28.5 Å². The van der Waals surface area contributed by atoms with Crippen molar-refractivity contribution in [2.45, 2.75) is 19.8 Å². The van der Waals surface area contributed by atoms with E-state index in [-0.39, 0.29) is 0 Å². The smallest absolute Gasteiger partial charge is 0.205 e. The van der Waals surface area contributed by atoms with Crippen LogP contribution in [0.25, 0.3) is 10.6 Å². The Kier molecular flexibility index (Phi) is 4.88. The van der Waals surface area contributed by atoms with E-state index in [0.717, 1.165) is 16.1 Å². The molecule has 1 aromatic carbocycles. The summed E-state index contributed by atoms with van der Waals surface area (Å²) < 4.78 is 1.91. The van der Waals surface area contributed by atoms with Crippen molar-refractivity contribution in [1.29, 1.82) is 0 Å². The van der Waals surface area contributed by atoms with Crippen molar-refractivity contribution in [3.8, 4) is 10.6 Å². The fourth-order valence-electron chi connectivity index (χ4n) is 2.25. The van der Waals surface area contributed by atoms with Crippen LogP contribution in [-0.4, -0.2) is 17.9 Å². The molecule has 2 aromatic heterocycles. The maximum absolute atomic E-state index is 4.65. The second-order valence-corrected chi connectivity index (χ2v) is 7.27. The highest BCUT2D eigenvalue weighted by molar-refractivity contribution is 7.14. The molecule has 2 heterocycles. The van der Waals surface area contributed by atoms with Crippen LogP contribution in [-0.2, 0) is 0 Å². The minimum atomic E-state index is 0.545. The normalized spacial score (nSPS) is 12.6. The topological polar surface area (TPSA) is 29.6 Å². The Morgan fingerprint density at radius 3 is 2.48 bits per heavy atom. The number of hydrogen-bond acceptors (Lipinski definition) is 4. The van der Waals surface area contributed by atoms with Gasteiger partial charge in [0.15, 0.2) is 0 Å². The number of nitrogens with zero attached hydrogens (tertiary/aromatic N) is 3. The molecule has 3 nitrogen and oxygen atoms in total. The molecule has 0 unspecified atom stereocenters. The van der Waals surface area contributed by atoms with E-state index in [4.69, 9.17) is 0 Å². The second-order valence-electron chi connectivity index (χ2n) is 5.48. The standard InChI is InChI=1S/C18H19N3S2/c1-13(2)15-8-6-14(7-9-15)11-20-21-16(12-23-18(21)19-3)17-5-4-10-22-17/h4-13H,1-3H3. The van der Waals surface area contributed by atoms with E-state index in [9.17, 15) is 0 Å². The molecule has 5 heteroatoms. The summed E-state index contributed by atoms with van der Waals surface area (Å²) in [4.78, 5) is 6.41. The minimum Gasteiger partial charge on any atom is -0.261 e. The average Bonchev–Trinajstić information content (AvgIpc) is 3.22. The molecule has 3 aromatic rings. The fraction of sp³-hybridized carbons (Fsp3) is 0.222. The highest BCUT2D eigenvalue weighted by atomic mass is 32.1. The van der Waals surface area contributed by atoms with Crippen LogP contribution in [0.1, 0.15) is 30.9 Å². The summed E-state index contributed by atoms with van der Waals surface area (Å²) in [6.45, 7) is 4.40. The van der Waals surface area contributed by atoms with Gasteiger partial charge in [-0.25, -0.2) is 4.68 Å². The van der Waals surface area contributed by atoms with Gasteiger partial charge in [0, 0.05) is 12.4 Å². The molecular weight excluding hydrogens is 322 g/mol. The molecule has 0 amide bonds. The SMILES string of the molecule is CN=c1scc(-c2cccs2)n1N=Cc1ccc(C(C)C)cc1. The van der Waals surface area contributed by atoms with Gasteiger partial charge in [0.25, 0.3) is 0 Å². The molecular formula is C18H19N3S2. The Bertz CT molecular complexity index is 851. The van der Waals surface area contributed by atoms with E-state index in [2.05, 4.69) is 71.1 Å². The Morgan fingerprint density at radius 1 is 1.09 bits per heavy atom. The zero-order valence-electron chi connectivity index (χ0n) is 13.4. The lowest BCUT2D eigenvalue weighted by Gasteiger charge is -2.05. The minimum absolute atomic E-state index is 0.545. The third-order valence-electron chi connectivity index (χ3n) is 3.58. The number of rotatable bonds is 4. The lowest BCUT2D eigenvalue weighted by Crippen LogP contribution is -2.11. The zero-order chi connectivity index (χ0) is 16.2. The summed E-state index contributed by atoms with van der Waals surface area (Å²) in [5.41, 5.74) is 3.52. The highest BCUT2D eigenvalue weighted by Crippen LogP contribution is 2.25. The van der Waals surface area contributed by atoms with Crippen molar-refractivity contribution in [1.82, 2.24) is 4.68 Å². The number of aromatic nitrogens is 1. The average molecular weight is 342 g/mol. The Balaban J connectivity index is 1.94. The van der Waals surface area contributed by atoms with Crippen molar-refractivity contribution in [2.75, 3.05) is 7.05 Å². The number of thiophene rings is 1. The predicted molar refractivity (Wildman–Crippen MR) is 101 cm³/mol. The molecule has 0 saturated carbocycles. The summed E-state index contributed by atoms with van der Waals surface area (Å²) in [7, 11) is 1.80. The number of hydrogen-bond donors (Lipinski definition) is 0. The Morgan fingerprint density at radius 2 is 1.87 bits per heavy atom. The van der Waals surface area contributed by atoms with Gasteiger partial charge in [-0.3, -0.25) is 4.99 Å². The third kappa shape index (κ3) is 3.51. The van der Waals surface area contributed by atoms with E-state index in [1.807, 2.05) is 10.9 Å². The van der Waals surface area contributed by atoms with Crippen LogP contribution in [0.3, 0.4) is 0 Å². The molecule has 3 rings (SSSR count).